The molecule has 216 valence electrons. The number of carbonyl (C=O) groups is 1. The largest absolute Gasteiger partial charge is 0.495 e. The summed E-state index contributed by atoms with van der Waals surface area (Å²) in [6, 6.07) is 16.6. The molecule has 11 heteroatoms. The van der Waals surface area contributed by atoms with Gasteiger partial charge in [-0.3, -0.25) is 9.10 Å². The zero-order chi connectivity index (χ0) is 29.3. The van der Waals surface area contributed by atoms with Crippen LogP contribution in [0.1, 0.15) is 25.8 Å². The van der Waals surface area contributed by atoms with Gasteiger partial charge in [-0.2, -0.15) is 0 Å². The maximum atomic E-state index is 13.9. The van der Waals surface area contributed by atoms with Gasteiger partial charge in [-0.1, -0.05) is 23.7 Å². The Balaban J connectivity index is 1.80. The highest BCUT2D eigenvalue weighted by Gasteiger charge is 2.30. The van der Waals surface area contributed by atoms with Gasteiger partial charge in [0.2, 0.25) is 5.91 Å². The Morgan fingerprint density at radius 3 is 2.30 bits per heavy atom. The van der Waals surface area contributed by atoms with Gasteiger partial charge in [-0.15, -0.1) is 0 Å². The number of benzene rings is 3. The predicted octanol–water partition coefficient (Wildman–Crippen LogP) is 5.10. The van der Waals surface area contributed by atoms with Crippen molar-refractivity contribution in [2.24, 2.45) is 0 Å². The van der Waals surface area contributed by atoms with Crippen LogP contribution in [0.15, 0.2) is 65.6 Å². The van der Waals surface area contributed by atoms with Crippen molar-refractivity contribution in [3.8, 4) is 23.0 Å². The molecule has 0 aliphatic rings. The Labute approximate surface area is 241 Å². The van der Waals surface area contributed by atoms with Crippen LogP contribution < -0.4 is 28.6 Å². The summed E-state index contributed by atoms with van der Waals surface area (Å²) >= 11 is 6.21. The minimum absolute atomic E-state index is 0.0749. The smallest absolute Gasteiger partial charge is 0.265 e. The molecule has 0 fully saturated rings. The van der Waals surface area contributed by atoms with Crippen LogP contribution in [0.25, 0.3) is 0 Å². The van der Waals surface area contributed by atoms with Gasteiger partial charge in [0, 0.05) is 17.6 Å². The fourth-order valence-electron chi connectivity index (χ4n) is 4.02. The van der Waals surface area contributed by atoms with Gasteiger partial charge in [-0.25, -0.2) is 8.42 Å². The van der Waals surface area contributed by atoms with Crippen molar-refractivity contribution in [2.45, 2.75) is 37.7 Å². The molecule has 3 rings (SSSR count). The van der Waals surface area contributed by atoms with Crippen LogP contribution in [-0.2, 0) is 21.2 Å². The molecule has 0 aromatic heterocycles. The van der Waals surface area contributed by atoms with E-state index in [0.29, 0.717) is 25.1 Å². The second-order valence-electron chi connectivity index (χ2n) is 9.11. The number of methoxy groups -OCH3 is 3. The molecule has 0 saturated carbocycles. The number of amides is 1. The number of anilines is 1. The van der Waals surface area contributed by atoms with Gasteiger partial charge >= 0.3 is 0 Å². The molecule has 3 aromatic carbocycles. The van der Waals surface area contributed by atoms with E-state index in [2.05, 4.69) is 5.32 Å². The van der Waals surface area contributed by atoms with Crippen molar-refractivity contribution < 1.29 is 32.2 Å². The number of hydrogen-bond donors (Lipinski definition) is 1. The number of halogens is 1. The first-order valence-corrected chi connectivity index (χ1v) is 14.5. The summed E-state index contributed by atoms with van der Waals surface area (Å²) in [7, 11) is 0.0156. The molecule has 1 N–H and O–H groups in total. The molecule has 3 aromatic rings. The summed E-state index contributed by atoms with van der Waals surface area (Å²) in [6.07, 6.45) is 1.44. The average Bonchev–Trinajstić information content (AvgIpc) is 2.93. The van der Waals surface area contributed by atoms with Crippen LogP contribution >= 0.6 is 11.6 Å². The fourth-order valence-corrected chi connectivity index (χ4v) is 5.62. The van der Waals surface area contributed by atoms with Crippen molar-refractivity contribution in [1.82, 2.24) is 5.32 Å². The summed E-state index contributed by atoms with van der Waals surface area (Å²) < 4.78 is 50.4. The Bertz CT molecular complexity index is 1410. The minimum Gasteiger partial charge on any atom is -0.495 e. The summed E-state index contributed by atoms with van der Waals surface area (Å²) in [5, 5.41) is 3.11. The molecule has 0 heterocycles. The molecule has 0 aliphatic carbocycles. The van der Waals surface area contributed by atoms with Gasteiger partial charge in [0.05, 0.1) is 38.0 Å². The molecule has 0 spiro atoms. The van der Waals surface area contributed by atoms with E-state index in [1.807, 2.05) is 38.1 Å². The van der Waals surface area contributed by atoms with E-state index in [4.69, 9.17) is 30.5 Å². The number of ether oxygens (including phenoxy) is 4. The van der Waals surface area contributed by atoms with E-state index in [-0.39, 0.29) is 33.2 Å². The Hall–Kier alpha value is -3.63. The Kier molecular flexibility index (Phi) is 10.9. The molecule has 0 saturated heterocycles. The highest BCUT2D eigenvalue weighted by atomic mass is 35.5. The Morgan fingerprint density at radius 2 is 1.62 bits per heavy atom. The molecule has 0 unspecified atom stereocenters. The Morgan fingerprint density at radius 1 is 0.925 bits per heavy atom. The second kappa shape index (κ2) is 14.1. The molecular formula is C29H35ClN2O7S. The quantitative estimate of drug-likeness (QED) is 0.261. The molecule has 9 nitrogen and oxygen atoms in total. The van der Waals surface area contributed by atoms with Crippen LogP contribution in [0.4, 0.5) is 5.69 Å². The lowest BCUT2D eigenvalue weighted by atomic mass is 10.1. The minimum atomic E-state index is -4.26. The number of rotatable bonds is 14. The van der Waals surface area contributed by atoms with Crippen molar-refractivity contribution >= 4 is 33.2 Å². The van der Waals surface area contributed by atoms with E-state index in [1.54, 1.807) is 12.1 Å². The van der Waals surface area contributed by atoms with Gasteiger partial charge in [0.1, 0.15) is 18.0 Å². The van der Waals surface area contributed by atoms with E-state index >= 15 is 0 Å². The van der Waals surface area contributed by atoms with Crippen LogP contribution in [0, 0.1) is 0 Å². The molecule has 40 heavy (non-hydrogen) atoms. The number of hydrogen-bond acceptors (Lipinski definition) is 7. The number of carbonyl (C=O) groups excluding carboxylic acids is 1. The normalized spacial score (nSPS) is 11.2. The van der Waals surface area contributed by atoms with E-state index in [9.17, 15) is 13.2 Å². The SMILES string of the molecule is COc1ccc(S(=O)(=O)N(CC(=O)NCCCc2cccc(OC(C)C)c2)c2cc(Cl)ccc2OC)cc1OC. The zero-order valence-electron chi connectivity index (χ0n) is 23.3. The first kappa shape index (κ1) is 30.9. The lowest BCUT2D eigenvalue weighted by molar-refractivity contribution is -0.119. The number of nitrogens with one attached hydrogen (secondary N) is 1. The van der Waals surface area contributed by atoms with E-state index in [0.717, 1.165) is 15.6 Å². The van der Waals surface area contributed by atoms with Crippen molar-refractivity contribution in [3.05, 3.63) is 71.2 Å². The van der Waals surface area contributed by atoms with Crippen molar-refractivity contribution in [3.63, 3.8) is 0 Å². The van der Waals surface area contributed by atoms with Crippen LogP contribution in [0.2, 0.25) is 5.02 Å². The molecular weight excluding hydrogens is 556 g/mol. The van der Waals surface area contributed by atoms with Gasteiger partial charge in [0.15, 0.2) is 11.5 Å². The summed E-state index contributed by atoms with van der Waals surface area (Å²) in [4.78, 5) is 12.9. The summed E-state index contributed by atoms with van der Waals surface area (Å²) in [5.41, 5.74) is 1.20. The third-order valence-electron chi connectivity index (χ3n) is 5.87. The van der Waals surface area contributed by atoms with Crippen molar-refractivity contribution in [2.75, 3.05) is 38.7 Å². The highest BCUT2D eigenvalue weighted by Crippen LogP contribution is 2.37. The maximum Gasteiger partial charge on any atom is 0.265 e. The standard InChI is InChI=1S/C29H35ClN2O7S/c1-20(2)39-23-10-6-8-21(16-23)9-7-15-31-29(33)19-32(25-17-22(30)11-13-26(25)36-3)40(34,35)24-12-14-27(37-4)28(18-24)38-5/h6,8,10-14,16-18,20H,7,9,15,19H2,1-5H3,(H,31,33). The highest BCUT2D eigenvalue weighted by molar-refractivity contribution is 7.92. The third-order valence-corrected chi connectivity index (χ3v) is 7.87. The van der Waals surface area contributed by atoms with Crippen LogP contribution in [0.3, 0.4) is 0 Å². The molecule has 1 amide bonds. The predicted molar refractivity (Wildman–Crippen MR) is 156 cm³/mol. The number of nitrogens with zero attached hydrogens (tertiary/aromatic N) is 1. The van der Waals surface area contributed by atoms with Gasteiger partial charge in [0.25, 0.3) is 10.0 Å². The first-order valence-electron chi connectivity index (χ1n) is 12.7. The monoisotopic (exact) mass is 590 g/mol. The lowest BCUT2D eigenvalue weighted by Gasteiger charge is -2.26. The molecule has 0 bridgehead atoms. The first-order chi connectivity index (χ1) is 19.1. The van der Waals surface area contributed by atoms with E-state index in [1.165, 1.54) is 45.6 Å². The number of sulfonamides is 1. The van der Waals surface area contributed by atoms with Crippen LogP contribution in [-0.4, -0.2) is 54.8 Å². The fraction of sp³-hybridized carbons (Fsp3) is 0.345. The summed E-state index contributed by atoms with van der Waals surface area (Å²) in [5.74, 6) is 1.15. The maximum absolute atomic E-state index is 13.9. The number of aryl methyl sites for hydroxylation is 1. The molecule has 0 radical (unpaired) electrons. The topological polar surface area (TPSA) is 103 Å². The molecule has 0 atom stereocenters. The summed E-state index contributed by atoms with van der Waals surface area (Å²) in [6.45, 7) is 3.79. The average molecular weight is 591 g/mol. The zero-order valence-corrected chi connectivity index (χ0v) is 24.8. The van der Waals surface area contributed by atoms with Crippen molar-refractivity contribution in [1.29, 1.82) is 0 Å². The van der Waals surface area contributed by atoms with Gasteiger partial charge < -0.3 is 24.3 Å². The molecule has 0 aliphatic heterocycles. The second-order valence-corrected chi connectivity index (χ2v) is 11.4. The van der Waals surface area contributed by atoms with Crippen LogP contribution in [0.5, 0.6) is 23.0 Å². The van der Waals surface area contributed by atoms with Gasteiger partial charge in [-0.05, 0) is 74.7 Å². The lowest BCUT2D eigenvalue weighted by Crippen LogP contribution is -2.41. The van der Waals surface area contributed by atoms with E-state index < -0.39 is 22.5 Å². The third kappa shape index (κ3) is 7.95.